The van der Waals surface area contributed by atoms with Crippen molar-refractivity contribution < 1.29 is 0 Å². The van der Waals surface area contributed by atoms with Crippen molar-refractivity contribution in [2.24, 2.45) is 0 Å². The molecule has 3 rings (SSSR count). The van der Waals surface area contributed by atoms with Crippen LogP contribution < -0.4 is 10.2 Å². The van der Waals surface area contributed by atoms with Crippen LogP contribution in [0.25, 0.3) is 0 Å². The van der Waals surface area contributed by atoms with Gasteiger partial charge in [0.25, 0.3) is 0 Å². The molecule has 1 aliphatic heterocycles. The van der Waals surface area contributed by atoms with E-state index in [1.807, 2.05) is 12.4 Å². The summed E-state index contributed by atoms with van der Waals surface area (Å²) in [5.74, 6) is 0. The lowest BCUT2D eigenvalue weighted by Crippen LogP contribution is -2.62. The highest BCUT2D eigenvalue weighted by atomic mass is 15.3. The first-order chi connectivity index (χ1) is 8.82. The van der Waals surface area contributed by atoms with Crippen molar-refractivity contribution >= 4 is 5.69 Å². The summed E-state index contributed by atoms with van der Waals surface area (Å²) in [5, 5.41) is 3.61. The van der Waals surface area contributed by atoms with Crippen molar-refractivity contribution in [3.8, 4) is 0 Å². The number of rotatable bonds is 1. The van der Waals surface area contributed by atoms with E-state index in [0.717, 1.165) is 19.6 Å². The van der Waals surface area contributed by atoms with E-state index in [-0.39, 0.29) is 0 Å². The van der Waals surface area contributed by atoms with Gasteiger partial charge >= 0.3 is 0 Å². The van der Waals surface area contributed by atoms with Gasteiger partial charge in [0.1, 0.15) is 0 Å². The van der Waals surface area contributed by atoms with Crippen molar-refractivity contribution in [1.82, 2.24) is 10.3 Å². The van der Waals surface area contributed by atoms with Crippen molar-refractivity contribution in [3.63, 3.8) is 0 Å². The minimum atomic E-state index is 0.364. The van der Waals surface area contributed by atoms with Crippen LogP contribution >= 0.6 is 0 Å². The zero-order valence-electron chi connectivity index (χ0n) is 11.3. The molecule has 1 saturated carbocycles. The van der Waals surface area contributed by atoms with Gasteiger partial charge in [-0.1, -0.05) is 19.3 Å². The van der Waals surface area contributed by atoms with Gasteiger partial charge in [-0.25, -0.2) is 0 Å². The molecule has 0 amide bonds. The molecular weight excluding hydrogens is 222 g/mol. The van der Waals surface area contributed by atoms with Gasteiger partial charge in [0, 0.05) is 37.7 Å². The molecule has 1 N–H and O–H groups in total. The van der Waals surface area contributed by atoms with Crippen LogP contribution in [-0.4, -0.2) is 30.2 Å². The van der Waals surface area contributed by atoms with Gasteiger partial charge in [0.05, 0.1) is 5.54 Å². The number of aryl methyl sites for hydroxylation is 1. The number of anilines is 1. The smallest absolute Gasteiger partial charge is 0.0527 e. The molecule has 0 radical (unpaired) electrons. The Morgan fingerprint density at radius 2 is 2.11 bits per heavy atom. The number of piperazine rings is 1. The lowest BCUT2D eigenvalue weighted by Gasteiger charge is -2.51. The van der Waals surface area contributed by atoms with Gasteiger partial charge in [-0.15, -0.1) is 0 Å². The SMILES string of the molecule is Cc1cnccc1N1CCNCC12CCCCC2. The minimum Gasteiger partial charge on any atom is -0.363 e. The molecule has 2 aliphatic rings. The summed E-state index contributed by atoms with van der Waals surface area (Å²) in [4.78, 5) is 6.90. The van der Waals surface area contributed by atoms with Gasteiger partial charge in [-0.3, -0.25) is 4.98 Å². The lowest BCUT2D eigenvalue weighted by atomic mass is 9.78. The molecule has 0 bridgehead atoms. The predicted octanol–water partition coefficient (Wildman–Crippen LogP) is 2.50. The molecule has 2 heterocycles. The summed E-state index contributed by atoms with van der Waals surface area (Å²) < 4.78 is 0. The Balaban J connectivity index is 1.94. The maximum atomic E-state index is 4.23. The molecule has 1 spiro atoms. The number of aromatic nitrogens is 1. The highest BCUT2D eigenvalue weighted by Gasteiger charge is 2.40. The highest BCUT2D eigenvalue weighted by molar-refractivity contribution is 5.54. The van der Waals surface area contributed by atoms with Crippen LogP contribution in [0.4, 0.5) is 5.69 Å². The molecule has 3 heteroatoms. The largest absolute Gasteiger partial charge is 0.363 e. The molecule has 2 fully saturated rings. The third-order valence-corrected chi connectivity index (χ3v) is 4.60. The van der Waals surface area contributed by atoms with Crippen LogP contribution in [0.3, 0.4) is 0 Å². The summed E-state index contributed by atoms with van der Waals surface area (Å²) in [6.07, 6.45) is 10.8. The number of nitrogens with one attached hydrogen (secondary N) is 1. The van der Waals surface area contributed by atoms with Crippen LogP contribution in [-0.2, 0) is 0 Å². The Labute approximate surface area is 110 Å². The summed E-state index contributed by atoms with van der Waals surface area (Å²) >= 11 is 0. The molecule has 0 unspecified atom stereocenters. The van der Waals surface area contributed by atoms with Crippen LogP contribution in [0.1, 0.15) is 37.7 Å². The van der Waals surface area contributed by atoms with Gasteiger partial charge in [-0.2, -0.15) is 0 Å². The van der Waals surface area contributed by atoms with Gasteiger partial charge < -0.3 is 10.2 Å². The van der Waals surface area contributed by atoms with Crippen LogP contribution in [0, 0.1) is 6.92 Å². The van der Waals surface area contributed by atoms with E-state index in [9.17, 15) is 0 Å². The second-order valence-electron chi connectivity index (χ2n) is 5.78. The average Bonchev–Trinajstić information content (AvgIpc) is 2.41. The summed E-state index contributed by atoms with van der Waals surface area (Å²) in [7, 11) is 0. The molecule has 18 heavy (non-hydrogen) atoms. The Kier molecular flexibility index (Phi) is 3.25. The monoisotopic (exact) mass is 245 g/mol. The normalized spacial score (nSPS) is 23.3. The van der Waals surface area contributed by atoms with Crippen molar-refractivity contribution in [1.29, 1.82) is 0 Å². The predicted molar refractivity (Wildman–Crippen MR) is 75.0 cm³/mol. The number of pyridine rings is 1. The molecule has 0 atom stereocenters. The van der Waals surface area contributed by atoms with Crippen LogP contribution in [0.5, 0.6) is 0 Å². The standard InChI is InChI=1S/C15H23N3/c1-13-11-16-8-5-14(13)18-10-9-17-12-15(18)6-3-2-4-7-15/h5,8,11,17H,2-4,6-7,9-10,12H2,1H3. The second kappa shape index (κ2) is 4.88. The quantitative estimate of drug-likeness (QED) is 0.824. The third-order valence-electron chi connectivity index (χ3n) is 4.60. The molecular formula is C15H23N3. The van der Waals surface area contributed by atoms with E-state index in [2.05, 4.69) is 28.2 Å². The average molecular weight is 245 g/mol. The fourth-order valence-corrected chi connectivity index (χ4v) is 3.65. The van der Waals surface area contributed by atoms with E-state index in [4.69, 9.17) is 0 Å². The maximum Gasteiger partial charge on any atom is 0.0527 e. The third kappa shape index (κ3) is 2.01. The van der Waals surface area contributed by atoms with Crippen LogP contribution in [0.15, 0.2) is 18.5 Å². The molecule has 1 aliphatic carbocycles. The van der Waals surface area contributed by atoms with Crippen molar-refractivity contribution in [2.75, 3.05) is 24.5 Å². The number of hydrogen-bond acceptors (Lipinski definition) is 3. The van der Waals surface area contributed by atoms with E-state index >= 15 is 0 Å². The Morgan fingerprint density at radius 1 is 1.28 bits per heavy atom. The summed E-state index contributed by atoms with van der Waals surface area (Å²) in [5.41, 5.74) is 3.07. The summed E-state index contributed by atoms with van der Waals surface area (Å²) in [6, 6.07) is 2.19. The highest BCUT2D eigenvalue weighted by Crippen LogP contribution is 2.38. The summed E-state index contributed by atoms with van der Waals surface area (Å²) in [6.45, 7) is 5.56. The zero-order chi connectivity index (χ0) is 12.4. The first-order valence-corrected chi connectivity index (χ1v) is 7.21. The Hall–Kier alpha value is -1.09. The lowest BCUT2D eigenvalue weighted by molar-refractivity contribution is 0.241. The van der Waals surface area contributed by atoms with Crippen LogP contribution in [0.2, 0.25) is 0 Å². The van der Waals surface area contributed by atoms with E-state index in [1.165, 1.54) is 43.4 Å². The minimum absolute atomic E-state index is 0.364. The topological polar surface area (TPSA) is 28.2 Å². The van der Waals surface area contributed by atoms with Crippen molar-refractivity contribution in [3.05, 3.63) is 24.0 Å². The van der Waals surface area contributed by atoms with E-state index in [1.54, 1.807) is 0 Å². The molecule has 1 saturated heterocycles. The fourth-order valence-electron chi connectivity index (χ4n) is 3.65. The Morgan fingerprint density at radius 3 is 2.89 bits per heavy atom. The fraction of sp³-hybridized carbons (Fsp3) is 0.667. The van der Waals surface area contributed by atoms with Gasteiger partial charge in [0.15, 0.2) is 0 Å². The first-order valence-electron chi connectivity index (χ1n) is 7.21. The molecule has 0 aromatic carbocycles. The molecule has 3 nitrogen and oxygen atoms in total. The van der Waals surface area contributed by atoms with Gasteiger partial charge in [-0.05, 0) is 31.4 Å². The first kappa shape index (κ1) is 12.0. The molecule has 1 aromatic rings. The van der Waals surface area contributed by atoms with E-state index < -0.39 is 0 Å². The zero-order valence-corrected chi connectivity index (χ0v) is 11.3. The van der Waals surface area contributed by atoms with Crippen molar-refractivity contribution in [2.45, 2.75) is 44.6 Å². The second-order valence-corrected chi connectivity index (χ2v) is 5.78. The maximum absolute atomic E-state index is 4.23. The van der Waals surface area contributed by atoms with Gasteiger partial charge in [0.2, 0.25) is 0 Å². The molecule has 98 valence electrons. The molecule has 1 aromatic heterocycles. The van der Waals surface area contributed by atoms with E-state index in [0.29, 0.717) is 5.54 Å². The number of nitrogens with zero attached hydrogens (tertiary/aromatic N) is 2. The Bertz CT molecular complexity index is 402. The number of hydrogen-bond donors (Lipinski definition) is 1.